The molecule has 3 aromatic rings. The van der Waals surface area contributed by atoms with Crippen molar-refractivity contribution >= 4 is 33.3 Å². The van der Waals surface area contributed by atoms with Gasteiger partial charge in [0.1, 0.15) is 12.4 Å². The Balaban J connectivity index is 1.48. The number of nitrogens with one attached hydrogen (secondary N) is 1. The molecule has 11 heteroatoms. The van der Waals surface area contributed by atoms with Gasteiger partial charge in [-0.3, -0.25) is 9.69 Å². The summed E-state index contributed by atoms with van der Waals surface area (Å²) < 4.78 is 39.3. The second-order valence-corrected chi connectivity index (χ2v) is 8.43. The summed E-state index contributed by atoms with van der Waals surface area (Å²) in [6.07, 6.45) is 1.86. The first-order valence-corrected chi connectivity index (χ1v) is 10.5. The second-order valence-electron chi connectivity index (χ2n) is 7.35. The predicted molar refractivity (Wildman–Crippen MR) is 111 cm³/mol. The number of rotatable bonds is 6. The fourth-order valence-electron chi connectivity index (χ4n) is 3.61. The maximum absolute atomic E-state index is 14.2. The third-order valence-corrected chi connectivity index (χ3v) is 6.03. The number of carbonyl (C=O) groups is 1. The molecule has 4 rings (SSSR count). The van der Waals surface area contributed by atoms with E-state index >= 15 is 0 Å². The average Bonchev–Trinajstić information content (AvgIpc) is 3.22. The molecule has 31 heavy (non-hydrogen) atoms. The summed E-state index contributed by atoms with van der Waals surface area (Å²) in [7, 11) is 1.39. The van der Waals surface area contributed by atoms with E-state index in [2.05, 4.69) is 25.2 Å². The topological polar surface area (TPSA) is 89.5 Å². The van der Waals surface area contributed by atoms with Crippen LogP contribution in [0.5, 0.6) is 11.6 Å². The Kier molecular flexibility index (Phi) is 5.96. The van der Waals surface area contributed by atoms with Gasteiger partial charge in [-0.1, -0.05) is 11.3 Å². The number of thiazole rings is 1. The normalized spacial score (nSPS) is 19.0. The number of amides is 1. The van der Waals surface area contributed by atoms with Crippen molar-refractivity contribution in [2.45, 2.75) is 39.0 Å². The molecule has 1 N–H and O–H groups in total. The summed E-state index contributed by atoms with van der Waals surface area (Å²) in [5.41, 5.74) is 0.420. The number of carbonyl (C=O) groups excluding carboxylic acids is 1. The lowest BCUT2D eigenvalue weighted by Gasteiger charge is -2.19. The Morgan fingerprint density at radius 1 is 1.35 bits per heavy atom. The zero-order valence-corrected chi connectivity index (χ0v) is 18.0. The fraction of sp³-hybridized carbons (Fsp3) is 0.400. The number of methoxy groups -OCH3 is 1. The molecule has 1 fully saturated rings. The highest BCUT2D eigenvalue weighted by molar-refractivity contribution is 7.15. The number of anilines is 1. The molecule has 0 saturated carbocycles. The van der Waals surface area contributed by atoms with Crippen LogP contribution in [0, 0.1) is 11.8 Å². The average molecular weight is 449 g/mol. The quantitative estimate of drug-likeness (QED) is 0.617. The van der Waals surface area contributed by atoms with Crippen LogP contribution >= 0.6 is 11.3 Å². The highest BCUT2D eigenvalue weighted by Gasteiger charge is 2.32. The van der Waals surface area contributed by atoms with Gasteiger partial charge in [-0.25, -0.2) is 14.4 Å². The zero-order valence-electron chi connectivity index (χ0n) is 17.2. The largest absolute Gasteiger partial charge is 0.494 e. The minimum atomic E-state index is -0.582. The number of likely N-dealkylation sites (tertiary alicyclic amines) is 1. The molecule has 0 unspecified atom stereocenters. The number of benzene rings is 1. The number of ether oxygens (including phenoxy) is 2. The fourth-order valence-corrected chi connectivity index (χ4v) is 4.53. The molecular weight excluding hydrogens is 428 g/mol. The van der Waals surface area contributed by atoms with Crippen molar-refractivity contribution in [2.24, 2.45) is 0 Å². The molecule has 0 aliphatic carbocycles. The van der Waals surface area contributed by atoms with Crippen molar-refractivity contribution in [3.63, 3.8) is 0 Å². The third-order valence-electron chi connectivity index (χ3n) is 5.10. The van der Waals surface area contributed by atoms with Gasteiger partial charge in [0, 0.05) is 38.5 Å². The van der Waals surface area contributed by atoms with Crippen molar-refractivity contribution in [3.8, 4) is 11.6 Å². The first kappa shape index (κ1) is 21.3. The van der Waals surface area contributed by atoms with Crippen molar-refractivity contribution in [2.75, 3.05) is 19.0 Å². The summed E-state index contributed by atoms with van der Waals surface area (Å²) in [5, 5.41) is 3.31. The SMILES string of the molecule is COc1cc2c(O[C@@H]3C[C@H](C)N(Cc4sc(NC(C)=O)nc4F)C3)ncnc2cc1F. The number of halogens is 2. The minimum absolute atomic E-state index is 0.0872. The van der Waals surface area contributed by atoms with E-state index in [-0.39, 0.29) is 28.9 Å². The van der Waals surface area contributed by atoms with E-state index in [9.17, 15) is 13.6 Å². The molecule has 164 valence electrons. The van der Waals surface area contributed by atoms with E-state index in [1.165, 1.54) is 32.5 Å². The smallest absolute Gasteiger partial charge is 0.230 e. The van der Waals surface area contributed by atoms with Gasteiger partial charge < -0.3 is 14.8 Å². The van der Waals surface area contributed by atoms with Crippen LogP contribution in [0.15, 0.2) is 18.5 Å². The lowest BCUT2D eigenvalue weighted by molar-refractivity contribution is -0.114. The van der Waals surface area contributed by atoms with Crippen LogP contribution in [0.3, 0.4) is 0 Å². The second kappa shape index (κ2) is 8.67. The number of hydrogen-bond acceptors (Lipinski definition) is 8. The first-order valence-electron chi connectivity index (χ1n) is 9.65. The number of hydrogen-bond donors (Lipinski definition) is 1. The Morgan fingerprint density at radius 2 is 2.16 bits per heavy atom. The molecule has 2 aromatic heterocycles. The van der Waals surface area contributed by atoms with E-state index in [1.54, 1.807) is 0 Å². The molecule has 1 aliphatic heterocycles. The van der Waals surface area contributed by atoms with E-state index in [4.69, 9.17) is 9.47 Å². The van der Waals surface area contributed by atoms with Gasteiger partial charge in [-0.05, 0) is 13.0 Å². The van der Waals surface area contributed by atoms with Crippen LogP contribution in [0.4, 0.5) is 13.9 Å². The Hall–Kier alpha value is -2.92. The predicted octanol–water partition coefficient (Wildman–Crippen LogP) is 3.37. The van der Waals surface area contributed by atoms with E-state index < -0.39 is 11.8 Å². The van der Waals surface area contributed by atoms with Gasteiger partial charge >= 0.3 is 0 Å². The molecule has 0 radical (unpaired) electrons. The Bertz CT molecular complexity index is 1130. The monoisotopic (exact) mass is 449 g/mol. The molecule has 8 nitrogen and oxygen atoms in total. The molecule has 3 heterocycles. The summed E-state index contributed by atoms with van der Waals surface area (Å²) in [5.74, 6) is -0.952. The van der Waals surface area contributed by atoms with Gasteiger partial charge in [-0.2, -0.15) is 9.37 Å². The highest BCUT2D eigenvalue weighted by atomic mass is 32.1. The lowest BCUT2D eigenvalue weighted by atomic mass is 10.2. The van der Waals surface area contributed by atoms with Crippen LogP contribution in [0.2, 0.25) is 0 Å². The van der Waals surface area contributed by atoms with Crippen LogP contribution < -0.4 is 14.8 Å². The minimum Gasteiger partial charge on any atom is -0.494 e. The van der Waals surface area contributed by atoms with Gasteiger partial charge in [0.15, 0.2) is 16.7 Å². The Morgan fingerprint density at radius 3 is 2.90 bits per heavy atom. The molecule has 0 spiro atoms. The number of aromatic nitrogens is 3. The first-order chi connectivity index (χ1) is 14.8. The highest BCUT2D eigenvalue weighted by Crippen LogP contribution is 2.32. The summed E-state index contributed by atoms with van der Waals surface area (Å²) in [6.45, 7) is 4.29. The summed E-state index contributed by atoms with van der Waals surface area (Å²) in [4.78, 5) is 25.8. The molecule has 2 atom stereocenters. The molecule has 0 bridgehead atoms. The maximum atomic E-state index is 14.2. The lowest BCUT2D eigenvalue weighted by Crippen LogP contribution is -2.28. The molecule has 1 amide bonds. The van der Waals surface area contributed by atoms with E-state index in [0.29, 0.717) is 41.2 Å². The summed E-state index contributed by atoms with van der Waals surface area (Å²) in [6, 6.07) is 2.94. The van der Waals surface area contributed by atoms with Crippen LogP contribution in [-0.2, 0) is 11.3 Å². The van der Waals surface area contributed by atoms with Gasteiger partial charge in [-0.15, -0.1) is 0 Å². The maximum Gasteiger partial charge on any atom is 0.230 e. The van der Waals surface area contributed by atoms with Gasteiger partial charge in [0.25, 0.3) is 0 Å². The zero-order chi connectivity index (χ0) is 22.1. The molecule has 1 aromatic carbocycles. The van der Waals surface area contributed by atoms with E-state index in [1.807, 2.05) is 6.92 Å². The van der Waals surface area contributed by atoms with Gasteiger partial charge in [0.2, 0.25) is 17.7 Å². The number of fused-ring (bicyclic) bond motifs is 1. The van der Waals surface area contributed by atoms with E-state index in [0.717, 1.165) is 11.3 Å². The van der Waals surface area contributed by atoms with Crippen molar-refractivity contribution in [1.29, 1.82) is 0 Å². The molecule has 1 saturated heterocycles. The third kappa shape index (κ3) is 4.57. The van der Waals surface area contributed by atoms with Crippen LogP contribution in [0.1, 0.15) is 25.1 Å². The van der Waals surface area contributed by atoms with Crippen molar-refractivity contribution in [1.82, 2.24) is 19.9 Å². The number of nitrogens with zero attached hydrogens (tertiary/aromatic N) is 4. The summed E-state index contributed by atoms with van der Waals surface area (Å²) >= 11 is 1.12. The van der Waals surface area contributed by atoms with Crippen LogP contribution in [-0.4, -0.2) is 51.6 Å². The molecule has 1 aliphatic rings. The van der Waals surface area contributed by atoms with Crippen LogP contribution in [0.25, 0.3) is 10.9 Å². The molecular formula is C20H21F2N5O3S. The van der Waals surface area contributed by atoms with Crippen molar-refractivity contribution < 1.29 is 23.0 Å². The Labute approximate surface area is 181 Å². The standard InChI is InChI=1S/C20H21F2N5O3S/c1-10-4-12(7-27(10)8-17-18(22)26-20(31-17)25-11(2)28)30-19-13-5-16(29-3)14(21)6-15(13)23-9-24-19/h5-6,9-10,12H,4,7-8H2,1-3H3,(H,25,26,28)/t10-,12+/m0/s1. The van der Waals surface area contributed by atoms with Crippen molar-refractivity contribution in [3.05, 3.63) is 35.1 Å². The van der Waals surface area contributed by atoms with Gasteiger partial charge in [0.05, 0.1) is 22.9 Å².